The van der Waals surface area contributed by atoms with Gasteiger partial charge < -0.3 is 9.84 Å². The van der Waals surface area contributed by atoms with Gasteiger partial charge in [-0.1, -0.05) is 42.5 Å². The standard InChI is InChI=1S/C26H33NO3/c1-19-15-21(17-26(28)29)7-8-25(19)30-14-13-27-11-9-20(10-12-27)16-23-18-24(23)22-5-3-2-4-6-22/h2-8,15,20,23-24H,9-14,16-18H2,1H3,(H,28,29)/t23-,24+/m1/s1. The predicted molar refractivity (Wildman–Crippen MR) is 119 cm³/mol. The highest BCUT2D eigenvalue weighted by atomic mass is 16.5. The Morgan fingerprint density at radius 2 is 1.90 bits per heavy atom. The number of rotatable bonds is 9. The molecule has 1 saturated carbocycles. The fourth-order valence-electron chi connectivity index (χ4n) is 4.93. The van der Waals surface area contributed by atoms with Crippen LogP contribution in [0.25, 0.3) is 0 Å². The van der Waals surface area contributed by atoms with Gasteiger partial charge in [-0.3, -0.25) is 9.69 Å². The van der Waals surface area contributed by atoms with Crippen LogP contribution < -0.4 is 4.74 Å². The van der Waals surface area contributed by atoms with Crippen molar-refractivity contribution in [3.05, 3.63) is 65.2 Å². The van der Waals surface area contributed by atoms with Gasteiger partial charge in [-0.25, -0.2) is 0 Å². The Balaban J connectivity index is 1.14. The number of aryl methyl sites for hydroxylation is 1. The van der Waals surface area contributed by atoms with Gasteiger partial charge in [0, 0.05) is 6.54 Å². The molecule has 0 spiro atoms. The van der Waals surface area contributed by atoms with Crippen molar-refractivity contribution in [2.45, 2.75) is 44.9 Å². The fourth-order valence-corrected chi connectivity index (χ4v) is 4.93. The lowest BCUT2D eigenvalue weighted by Crippen LogP contribution is -2.36. The molecule has 2 aromatic rings. The first kappa shape index (κ1) is 20.9. The predicted octanol–water partition coefficient (Wildman–Crippen LogP) is 4.91. The van der Waals surface area contributed by atoms with E-state index in [0.29, 0.717) is 6.61 Å². The van der Waals surface area contributed by atoms with Crippen LogP contribution >= 0.6 is 0 Å². The highest BCUT2D eigenvalue weighted by molar-refractivity contribution is 5.70. The Morgan fingerprint density at radius 3 is 2.60 bits per heavy atom. The number of piperidine rings is 1. The van der Waals surface area contributed by atoms with Crippen molar-refractivity contribution in [3.63, 3.8) is 0 Å². The maximum absolute atomic E-state index is 10.8. The van der Waals surface area contributed by atoms with E-state index in [9.17, 15) is 4.79 Å². The number of hydrogen-bond donors (Lipinski definition) is 1. The van der Waals surface area contributed by atoms with Crippen LogP contribution in [0, 0.1) is 18.8 Å². The van der Waals surface area contributed by atoms with Gasteiger partial charge in [0.05, 0.1) is 6.42 Å². The van der Waals surface area contributed by atoms with Crippen LogP contribution in [0.15, 0.2) is 48.5 Å². The third-order valence-electron chi connectivity index (χ3n) is 6.75. The molecule has 1 N–H and O–H groups in total. The molecule has 0 radical (unpaired) electrons. The number of carboxylic acid groups (broad SMARTS) is 1. The number of nitrogens with zero attached hydrogens (tertiary/aromatic N) is 1. The normalized spacial score (nSPS) is 22.0. The molecule has 0 amide bonds. The number of likely N-dealkylation sites (tertiary alicyclic amines) is 1. The maximum Gasteiger partial charge on any atom is 0.307 e. The minimum atomic E-state index is -0.802. The van der Waals surface area contributed by atoms with Gasteiger partial charge in [-0.05, 0) is 86.2 Å². The zero-order valence-electron chi connectivity index (χ0n) is 17.9. The summed E-state index contributed by atoms with van der Waals surface area (Å²) in [6.45, 7) is 5.97. The van der Waals surface area contributed by atoms with E-state index in [1.54, 1.807) is 0 Å². The van der Waals surface area contributed by atoms with Crippen molar-refractivity contribution in [1.29, 1.82) is 0 Å². The summed E-state index contributed by atoms with van der Waals surface area (Å²) in [5.41, 5.74) is 3.35. The smallest absolute Gasteiger partial charge is 0.307 e. The summed E-state index contributed by atoms with van der Waals surface area (Å²) in [6.07, 6.45) is 5.44. The molecule has 1 aliphatic carbocycles. The molecule has 2 aromatic carbocycles. The van der Waals surface area contributed by atoms with E-state index in [1.807, 2.05) is 25.1 Å². The number of ether oxygens (including phenoxy) is 1. The molecule has 0 bridgehead atoms. The molecule has 1 aliphatic heterocycles. The minimum absolute atomic E-state index is 0.0585. The Morgan fingerprint density at radius 1 is 1.13 bits per heavy atom. The summed E-state index contributed by atoms with van der Waals surface area (Å²) >= 11 is 0. The van der Waals surface area contributed by atoms with Crippen molar-refractivity contribution < 1.29 is 14.6 Å². The lowest BCUT2D eigenvalue weighted by Gasteiger charge is -2.32. The van der Waals surface area contributed by atoms with Crippen molar-refractivity contribution in [2.75, 3.05) is 26.2 Å². The van der Waals surface area contributed by atoms with E-state index in [-0.39, 0.29) is 6.42 Å². The SMILES string of the molecule is Cc1cc(CC(=O)O)ccc1OCCN1CCC(C[C@@H]2C[C@H]2c2ccccc2)CC1. The number of carboxylic acids is 1. The van der Waals surface area contributed by atoms with Crippen LogP contribution in [0.1, 0.15) is 48.3 Å². The Kier molecular flexibility index (Phi) is 6.73. The molecule has 0 unspecified atom stereocenters. The van der Waals surface area contributed by atoms with Crippen molar-refractivity contribution in [1.82, 2.24) is 4.90 Å². The topological polar surface area (TPSA) is 49.8 Å². The highest BCUT2D eigenvalue weighted by Gasteiger charge is 2.39. The molecule has 1 saturated heterocycles. The summed E-state index contributed by atoms with van der Waals surface area (Å²) in [5.74, 6) is 2.65. The Hall–Kier alpha value is -2.33. The van der Waals surface area contributed by atoms with E-state index in [2.05, 4.69) is 35.2 Å². The molecule has 2 fully saturated rings. The fraction of sp³-hybridized carbons (Fsp3) is 0.500. The van der Waals surface area contributed by atoms with E-state index >= 15 is 0 Å². The number of carbonyl (C=O) groups is 1. The summed E-state index contributed by atoms with van der Waals surface area (Å²) in [5, 5.41) is 8.91. The zero-order valence-corrected chi connectivity index (χ0v) is 17.9. The highest BCUT2D eigenvalue weighted by Crippen LogP contribution is 2.51. The monoisotopic (exact) mass is 407 g/mol. The van der Waals surface area contributed by atoms with Gasteiger partial charge in [-0.15, -0.1) is 0 Å². The molecule has 4 rings (SSSR count). The molecule has 2 aliphatic rings. The van der Waals surface area contributed by atoms with Gasteiger partial charge in [0.1, 0.15) is 12.4 Å². The quantitative estimate of drug-likeness (QED) is 0.642. The molecule has 160 valence electrons. The first-order chi connectivity index (χ1) is 14.6. The van der Waals surface area contributed by atoms with Crippen LogP contribution in [-0.4, -0.2) is 42.2 Å². The van der Waals surface area contributed by atoms with Gasteiger partial charge in [0.2, 0.25) is 0 Å². The van der Waals surface area contributed by atoms with Crippen LogP contribution in [-0.2, 0) is 11.2 Å². The number of benzene rings is 2. The Bertz CT molecular complexity index is 843. The van der Waals surface area contributed by atoms with Crippen molar-refractivity contribution >= 4 is 5.97 Å². The lowest BCUT2D eigenvalue weighted by molar-refractivity contribution is -0.136. The molecular formula is C26H33NO3. The van der Waals surface area contributed by atoms with E-state index in [0.717, 1.165) is 41.2 Å². The second-order valence-electron chi connectivity index (χ2n) is 9.05. The van der Waals surface area contributed by atoms with E-state index < -0.39 is 5.97 Å². The van der Waals surface area contributed by atoms with Crippen molar-refractivity contribution in [2.24, 2.45) is 11.8 Å². The number of aliphatic carboxylic acids is 1. The second-order valence-corrected chi connectivity index (χ2v) is 9.05. The van der Waals surface area contributed by atoms with Crippen LogP contribution in [0.2, 0.25) is 0 Å². The third kappa shape index (κ3) is 5.63. The summed E-state index contributed by atoms with van der Waals surface area (Å²) in [6, 6.07) is 16.7. The molecule has 1 heterocycles. The minimum Gasteiger partial charge on any atom is -0.492 e. The molecule has 0 aromatic heterocycles. The first-order valence-corrected chi connectivity index (χ1v) is 11.3. The van der Waals surface area contributed by atoms with Gasteiger partial charge in [0.15, 0.2) is 0 Å². The van der Waals surface area contributed by atoms with E-state index in [4.69, 9.17) is 9.84 Å². The van der Waals surface area contributed by atoms with Gasteiger partial charge in [-0.2, -0.15) is 0 Å². The Labute approximate surface area is 179 Å². The molecule has 30 heavy (non-hydrogen) atoms. The number of hydrogen-bond acceptors (Lipinski definition) is 3. The molecular weight excluding hydrogens is 374 g/mol. The molecule has 4 heteroatoms. The lowest BCUT2D eigenvalue weighted by atomic mass is 9.90. The third-order valence-corrected chi connectivity index (χ3v) is 6.75. The average Bonchev–Trinajstić information content (AvgIpc) is 3.50. The summed E-state index contributed by atoms with van der Waals surface area (Å²) in [7, 11) is 0. The van der Waals surface area contributed by atoms with Crippen LogP contribution in [0.4, 0.5) is 0 Å². The van der Waals surface area contributed by atoms with Gasteiger partial charge in [0.25, 0.3) is 0 Å². The van der Waals surface area contributed by atoms with Crippen molar-refractivity contribution in [3.8, 4) is 5.75 Å². The maximum atomic E-state index is 10.8. The van der Waals surface area contributed by atoms with E-state index in [1.165, 1.54) is 44.3 Å². The molecule has 4 nitrogen and oxygen atoms in total. The van der Waals surface area contributed by atoms with Crippen LogP contribution in [0.5, 0.6) is 5.75 Å². The van der Waals surface area contributed by atoms with Crippen LogP contribution in [0.3, 0.4) is 0 Å². The largest absolute Gasteiger partial charge is 0.492 e. The second kappa shape index (κ2) is 9.65. The summed E-state index contributed by atoms with van der Waals surface area (Å²) < 4.78 is 5.97. The summed E-state index contributed by atoms with van der Waals surface area (Å²) in [4.78, 5) is 13.4. The first-order valence-electron chi connectivity index (χ1n) is 11.3. The zero-order chi connectivity index (χ0) is 20.9. The average molecular weight is 408 g/mol. The molecule has 2 atom stereocenters. The van der Waals surface area contributed by atoms with Gasteiger partial charge >= 0.3 is 5.97 Å².